The molecule has 1 aliphatic rings. The fourth-order valence-corrected chi connectivity index (χ4v) is 1.97. The third-order valence-electron chi connectivity index (χ3n) is 3.37. The Morgan fingerprint density at radius 3 is 2.33 bits per heavy atom. The SMILES string of the molecule is C[C@H](NC(=O)C1(c2ccc(N)cc2)CC1)C(=O)O. The largest absolute Gasteiger partial charge is 0.480 e. The van der Waals surface area contributed by atoms with E-state index < -0.39 is 17.4 Å². The molecule has 1 amide bonds. The number of nitrogen functional groups attached to an aromatic ring is 1. The fraction of sp³-hybridized carbons (Fsp3) is 0.385. The first-order chi connectivity index (χ1) is 8.45. The molecule has 96 valence electrons. The standard InChI is InChI=1S/C13H16N2O3/c1-8(11(16)17)15-12(18)13(6-7-13)9-2-4-10(14)5-3-9/h2-5,8H,6-7,14H2,1H3,(H,15,18)(H,16,17)/t8-/m0/s1. The van der Waals surface area contributed by atoms with E-state index >= 15 is 0 Å². The van der Waals surface area contributed by atoms with Crippen LogP contribution in [0, 0.1) is 0 Å². The van der Waals surface area contributed by atoms with Crippen LogP contribution >= 0.6 is 0 Å². The van der Waals surface area contributed by atoms with Crippen molar-refractivity contribution in [1.29, 1.82) is 0 Å². The minimum Gasteiger partial charge on any atom is -0.480 e. The van der Waals surface area contributed by atoms with Gasteiger partial charge in [0.15, 0.2) is 0 Å². The Morgan fingerprint density at radius 1 is 1.33 bits per heavy atom. The number of carbonyl (C=O) groups is 2. The van der Waals surface area contributed by atoms with Crippen LogP contribution in [-0.4, -0.2) is 23.0 Å². The van der Waals surface area contributed by atoms with Crippen LogP contribution in [0.3, 0.4) is 0 Å². The number of carbonyl (C=O) groups excluding carboxylic acids is 1. The molecular formula is C13H16N2O3. The quantitative estimate of drug-likeness (QED) is 0.690. The van der Waals surface area contributed by atoms with Crippen molar-refractivity contribution in [2.45, 2.75) is 31.2 Å². The van der Waals surface area contributed by atoms with Gasteiger partial charge in [-0.3, -0.25) is 9.59 Å². The summed E-state index contributed by atoms with van der Waals surface area (Å²) in [5.74, 6) is -1.25. The first-order valence-corrected chi connectivity index (χ1v) is 5.85. The number of nitrogens with one attached hydrogen (secondary N) is 1. The highest BCUT2D eigenvalue weighted by Crippen LogP contribution is 2.48. The maximum Gasteiger partial charge on any atom is 0.325 e. The van der Waals surface area contributed by atoms with E-state index in [1.807, 2.05) is 12.1 Å². The van der Waals surface area contributed by atoms with Gasteiger partial charge < -0.3 is 16.2 Å². The lowest BCUT2D eigenvalue weighted by Crippen LogP contribution is -2.43. The molecule has 0 unspecified atom stereocenters. The molecule has 1 aliphatic carbocycles. The Bertz CT molecular complexity index is 478. The van der Waals surface area contributed by atoms with E-state index in [-0.39, 0.29) is 5.91 Å². The van der Waals surface area contributed by atoms with Crippen molar-refractivity contribution >= 4 is 17.6 Å². The average molecular weight is 248 g/mol. The van der Waals surface area contributed by atoms with E-state index in [2.05, 4.69) is 5.32 Å². The summed E-state index contributed by atoms with van der Waals surface area (Å²) in [6, 6.07) is 6.29. The molecule has 0 radical (unpaired) electrons. The van der Waals surface area contributed by atoms with Crippen LogP contribution < -0.4 is 11.1 Å². The average Bonchev–Trinajstić information content (AvgIpc) is 3.11. The molecule has 0 aromatic heterocycles. The summed E-state index contributed by atoms with van der Waals surface area (Å²) in [6.45, 7) is 1.46. The van der Waals surface area contributed by atoms with Gasteiger partial charge in [0.2, 0.25) is 5.91 Å². The third kappa shape index (κ3) is 2.16. The van der Waals surface area contributed by atoms with Gasteiger partial charge in [-0.1, -0.05) is 12.1 Å². The number of hydrogen-bond acceptors (Lipinski definition) is 3. The number of amides is 1. The lowest BCUT2D eigenvalue weighted by Gasteiger charge is -2.18. The van der Waals surface area contributed by atoms with Crippen molar-refractivity contribution in [3.8, 4) is 0 Å². The van der Waals surface area contributed by atoms with Crippen LogP contribution in [0.1, 0.15) is 25.3 Å². The zero-order valence-corrected chi connectivity index (χ0v) is 10.1. The molecule has 1 aromatic carbocycles. The summed E-state index contributed by atoms with van der Waals surface area (Å²) < 4.78 is 0. The second kappa shape index (κ2) is 4.33. The highest BCUT2D eigenvalue weighted by atomic mass is 16.4. The summed E-state index contributed by atoms with van der Waals surface area (Å²) in [7, 11) is 0. The van der Waals surface area contributed by atoms with Crippen LogP contribution in [0.15, 0.2) is 24.3 Å². The topological polar surface area (TPSA) is 92.4 Å². The molecule has 4 N–H and O–H groups in total. The van der Waals surface area contributed by atoms with Crippen molar-refractivity contribution in [2.24, 2.45) is 0 Å². The number of carboxylic acid groups (broad SMARTS) is 1. The molecule has 18 heavy (non-hydrogen) atoms. The third-order valence-corrected chi connectivity index (χ3v) is 3.37. The second-order valence-electron chi connectivity index (χ2n) is 4.74. The van der Waals surface area contributed by atoms with E-state index in [0.717, 1.165) is 18.4 Å². The maximum atomic E-state index is 12.1. The first-order valence-electron chi connectivity index (χ1n) is 5.85. The smallest absolute Gasteiger partial charge is 0.325 e. The van der Waals surface area contributed by atoms with E-state index in [1.165, 1.54) is 6.92 Å². The number of aliphatic carboxylic acids is 1. The Hall–Kier alpha value is -2.04. The van der Waals surface area contributed by atoms with Crippen LogP contribution in [0.4, 0.5) is 5.69 Å². The van der Waals surface area contributed by atoms with Gasteiger partial charge in [0.05, 0.1) is 5.41 Å². The van der Waals surface area contributed by atoms with E-state index in [1.54, 1.807) is 12.1 Å². The monoisotopic (exact) mass is 248 g/mol. The van der Waals surface area contributed by atoms with Crippen molar-refractivity contribution in [1.82, 2.24) is 5.32 Å². The van der Waals surface area contributed by atoms with Crippen molar-refractivity contribution in [3.05, 3.63) is 29.8 Å². The first kappa shape index (κ1) is 12.4. The normalized spacial score (nSPS) is 17.8. The molecule has 1 aromatic rings. The molecule has 0 saturated heterocycles. The molecule has 2 rings (SSSR count). The predicted molar refractivity (Wildman–Crippen MR) is 67.0 cm³/mol. The van der Waals surface area contributed by atoms with Gasteiger partial charge in [-0.2, -0.15) is 0 Å². The Balaban J connectivity index is 2.14. The molecule has 5 heteroatoms. The Kier molecular flexibility index (Phi) is 2.98. The molecular weight excluding hydrogens is 232 g/mol. The molecule has 0 bridgehead atoms. The number of anilines is 1. The minimum absolute atomic E-state index is 0.220. The fourth-order valence-electron chi connectivity index (χ4n) is 1.97. The van der Waals surface area contributed by atoms with Crippen molar-refractivity contribution < 1.29 is 14.7 Å². The molecule has 0 heterocycles. The van der Waals surface area contributed by atoms with Gasteiger partial charge in [-0.05, 0) is 37.5 Å². The van der Waals surface area contributed by atoms with Crippen LogP contribution in [0.5, 0.6) is 0 Å². The van der Waals surface area contributed by atoms with Crippen molar-refractivity contribution in [2.75, 3.05) is 5.73 Å². The number of rotatable bonds is 4. The maximum absolute atomic E-state index is 12.1. The van der Waals surface area contributed by atoms with Gasteiger partial charge in [-0.25, -0.2) is 0 Å². The van der Waals surface area contributed by atoms with E-state index in [4.69, 9.17) is 10.8 Å². The zero-order valence-electron chi connectivity index (χ0n) is 10.1. The molecule has 5 nitrogen and oxygen atoms in total. The molecule has 1 saturated carbocycles. The van der Waals surface area contributed by atoms with E-state index in [0.29, 0.717) is 5.69 Å². The number of hydrogen-bond donors (Lipinski definition) is 3. The highest BCUT2D eigenvalue weighted by Gasteiger charge is 2.51. The van der Waals surface area contributed by atoms with Crippen LogP contribution in [0.25, 0.3) is 0 Å². The zero-order chi connectivity index (χ0) is 13.3. The highest BCUT2D eigenvalue weighted by molar-refractivity contribution is 5.93. The van der Waals surface area contributed by atoms with Gasteiger partial charge >= 0.3 is 5.97 Å². The molecule has 1 atom stereocenters. The summed E-state index contributed by atoms with van der Waals surface area (Å²) in [4.78, 5) is 22.9. The Morgan fingerprint density at radius 2 is 1.89 bits per heavy atom. The molecule has 1 fully saturated rings. The second-order valence-corrected chi connectivity index (χ2v) is 4.74. The summed E-state index contributed by atoms with van der Waals surface area (Å²) >= 11 is 0. The van der Waals surface area contributed by atoms with Gasteiger partial charge in [0.1, 0.15) is 6.04 Å². The lowest BCUT2D eigenvalue weighted by atomic mass is 9.94. The van der Waals surface area contributed by atoms with Gasteiger partial charge in [-0.15, -0.1) is 0 Å². The summed E-state index contributed by atoms with van der Waals surface area (Å²) in [5.41, 5.74) is 6.59. The van der Waals surface area contributed by atoms with Gasteiger partial charge in [0.25, 0.3) is 0 Å². The Labute approximate surface area is 105 Å². The lowest BCUT2D eigenvalue weighted by molar-refractivity contribution is -0.141. The van der Waals surface area contributed by atoms with Crippen LogP contribution in [0.2, 0.25) is 0 Å². The number of carboxylic acids is 1. The molecule has 0 aliphatic heterocycles. The van der Waals surface area contributed by atoms with Gasteiger partial charge in [0, 0.05) is 5.69 Å². The predicted octanol–water partition coefficient (Wildman–Crippen LogP) is 0.890. The minimum atomic E-state index is -1.03. The van der Waals surface area contributed by atoms with Crippen molar-refractivity contribution in [3.63, 3.8) is 0 Å². The summed E-state index contributed by atoms with van der Waals surface area (Å²) in [6.07, 6.45) is 1.49. The number of nitrogens with two attached hydrogens (primary N) is 1. The summed E-state index contributed by atoms with van der Waals surface area (Å²) in [5, 5.41) is 11.3. The number of benzene rings is 1. The van der Waals surface area contributed by atoms with Crippen LogP contribution in [-0.2, 0) is 15.0 Å². The van der Waals surface area contributed by atoms with E-state index in [9.17, 15) is 9.59 Å². The molecule has 0 spiro atoms.